The van der Waals surface area contributed by atoms with Crippen molar-refractivity contribution in [3.8, 4) is 0 Å². The quantitative estimate of drug-likeness (QED) is 0.732. The summed E-state index contributed by atoms with van der Waals surface area (Å²) in [5.41, 5.74) is 2.65. The first-order valence-electron chi connectivity index (χ1n) is 5.64. The number of rotatable bonds is 1. The van der Waals surface area contributed by atoms with Crippen LogP contribution in [0.15, 0.2) is 30.3 Å². The number of benzene rings is 1. The third kappa shape index (κ3) is 1.65. The largest absolute Gasteiger partial charge is 0.358 e. The van der Waals surface area contributed by atoms with Crippen LogP contribution >= 0.6 is 0 Å². The first kappa shape index (κ1) is 8.98. The summed E-state index contributed by atoms with van der Waals surface area (Å²) in [6.07, 6.45) is 2.40. The molecule has 1 aliphatic rings. The SMILES string of the molecule is c1ccc2[nH]c(C3CC[N]CC3)cc2c1. The van der Waals surface area contributed by atoms with Gasteiger partial charge in [-0.3, -0.25) is 0 Å². The molecule has 1 N–H and O–H groups in total. The van der Waals surface area contributed by atoms with E-state index in [1.165, 1.54) is 29.4 Å². The molecular weight excluding hydrogens is 184 g/mol. The van der Waals surface area contributed by atoms with Crippen molar-refractivity contribution in [1.29, 1.82) is 0 Å². The third-order valence-electron chi connectivity index (χ3n) is 3.26. The molecule has 0 amide bonds. The van der Waals surface area contributed by atoms with Crippen LogP contribution in [0.3, 0.4) is 0 Å². The molecule has 1 aromatic heterocycles. The van der Waals surface area contributed by atoms with Crippen molar-refractivity contribution < 1.29 is 0 Å². The fraction of sp³-hybridized carbons (Fsp3) is 0.385. The molecule has 77 valence electrons. The van der Waals surface area contributed by atoms with Gasteiger partial charge in [-0.2, -0.15) is 0 Å². The van der Waals surface area contributed by atoms with E-state index in [4.69, 9.17) is 0 Å². The second kappa shape index (κ2) is 3.70. The number of aromatic amines is 1. The molecule has 1 aromatic carbocycles. The number of H-pyrrole nitrogens is 1. The Bertz CT molecular complexity index is 419. The van der Waals surface area contributed by atoms with Gasteiger partial charge in [-0.05, 0) is 30.4 Å². The number of para-hydroxylation sites is 1. The second-order valence-corrected chi connectivity index (χ2v) is 4.26. The highest BCUT2D eigenvalue weighted by Crippen LogP contribution is 2.27. The van der Waals surface area contributed by atoms with Crippen LogP contribution in [0.25, 0.3) is 10.9 Å². The summed E-state index contributed by atoms with van der Waals surface area (Å²) in [5.74, 6) is 0.690. The molecule has 0 spiro atoms. The molecule has 0 bridgehead atoms. The van der Waals surface area contributed by atoms with Crippen molar-refractivity contribution in [2.45, 2.75) is 18.8 Å². The lowest BCUT2D eigenvalue weighted by molar-refractivity contribution is 0.448. The van der Waals surface area contributed by atoms with E-state index >= 15 is 0 Å². The molecule has 0 aliphatic carbocycles. The summed E-state index contributed by atoms with van der Waals surface area (Å²) in [7, 11) is 0. The molecular formula is C13H15N2. The molecule has 3 rings (SSSR count). The minimum absolute atomic E-state index is 0.690. The fourth-order valence-electron chi connectivity index (χ4n) is 2.38. The van der Waals surface area contributed by atoms with Crippen molar-refractivity contribution >= 4 is 10.9 Å². The van der Waals surface area contributed by atoms with Crippen LogP contribution in [-0.4, -0.2) is 18.1 Å². The predicted octanol–water partition coefficient (Wildman–Crippen LogP) is 2.65. The first-order chi connectivity index (χ1) is 7.43. The predicted molar refractivity (Wildman–Crippen MR) is 62.1 cm³/mol. The molecule has 15 heavy (non-hydrogen) atoms. The van der Waals surface area contributed by atoms with Gasteiger partial charge in [0.2, 0.25) is 0 Å². The number of aromatic nitrogens is 1. The van der Waals surface area contributed by atoms with Gasteiger partial charge in [-0.1, -0.05) is 18.2 Å². The van der Waals surface area contributed by atoms with Gasteiger partial charge < -0.3 is 4.98 Å². The number of piperidine rings is 1. The standard InChI is InChI=1S/C13H15N2/c1-2-4-12-11(3-1)9-13(15-12)10-5-7-14-8-6-10/h1-4,9-10,15H,5-8H2. The molecule has 1 fully saturated rings. The molecule has 2 aromatic rings. The van der Waals surface area contributed by atoms with Crippen molar-refractivity contribution in [2.24, 2.45) is 0 Å². The van der Waals surface area contributed by atoms with E-state index in [1.54, 1.807) is 0 Å². The Kier molecular flexibility index (Phi) is 2.22. The molecule has 2 nitrogen and oxygen atoms in total. The van der Waals surface area contributed by atoms with E-state index < -0.39 is 0 Å². The molecule has 0 unspecified atom stereocenters. The third-order valence-corrected chi connectivity index (χ3v) is 3.26. The number of hydrogen-bond donors (Lipinski definition) is 1. The van der Waals surface area contributed by atoms with E-state index in [0.29, 0.717) is 5.92 Å². The first-order valence-corrected chi connectivity index (χ1v) is 5.64. The number of nitrogens with one attached hydrogen (secondary N) is 1. The van der Waals surface area contributed by atoms with E-state index in [0.717, 1.165) is 13.1 Å². The minimum atomic E-state index is 0.690. The van der Waals surface area contributed by atoms with Crippen LogP contribution in [-0.2, 0) is 0 Å². The molecule has 1 radical (unpaired) electrons. The van der Waals surface area contributed by atoms with E-state index in [-0.39, 0.29) is 0 Å². The smallest absolute Gasteiger partial charge is 0.0456 e. The number of nitrogens with zero attached hydrogens (tertiary/aromatic N) is 1. The summed E-state index contributed by atoms with van der Waals surface area (Å²) < 4.78 is 0. The molecule has 2 heteroatoms. The summed E-state index contributed by atoms with van der Waals surface area (Å²) in [5, 5.41) is 5.72. The van der Waals surface area contributed by atoms with Gasteiger partial charge in [0.1, 0.15) is 0 Å². The van der Waals surface area contributed by atoms with Gasteiger partial charge >= 0.3 is 0 Å². The minimum Gasteiger partial charge on any atom is -0.358 e. The molecule has 0 atom stereocenters. The number of hydrogen-bond acceptors (Lipinski definition) is 0. The van der Waals surface area contributed by atoms with Crippen molar-refractivity contribution in [2.75, 3.05) is 13.1 Å². The highest BCUT2D eigenvalue weighted by molar-refractivity contribution is 5.80. The zero-order valence-corrected chi connectivity index (χ0v) is 8.74. The average Bonchev–Trinajstić information content (AvgIpc) is 2.74. The molecule has 1 saturated heterocycles. The van der Waals surface area contributed by atoms with E-state index in [9.17, 15) is 0 Å². The summed E-state index contributed by atoms with van der Waals surface area (Å²) in [4.78, 5) is 3.52. The van der Waals surface area contributed by atoms with Gasteiger partial charge in [-0.15, -0.1) is 0 Å². The molecule has 0 saturated carbocycles. The van der Waals surface area contributed by atoms with Crippen LogP contribution in [0.2, 0.25) is 0 Å². The zero-order valence-electron chi connectivity index (χ0n) is 8.74. The van der Waals surface area contributed by atoms with Crippen LogP contribution in [0, 0.1) is 0 Å². The Hall–Kier alpha value is -1.28. The highest BCUT2D eigenvalue weighted by Gasteiger charge is 2.17. The average molecular weight is 199 g/mol. The Morgan fingerprint density at radius 1 is 1.13 bits per heavy atom. The lowest BCUT2D eigenvalue weighted by atomic mass is 9.95. The summed E-state index contributed by atoms with van der Waals surface area (Å²) in [6.45, 7) is 2.06. The molecule has 2 heterocycles. The maximum absolute atomic E-state index is 4.39. The van der Waals surface area contributed by atoms with Gasteiger partial charge in [0.15, 0.2) is 0 Å². The maximum Gasteiger partial charge on any atom is 0.0456 e. The topological polar surface area (TPSA) is 29.9 Å². The van der Waals surface area contributed by atoms with Crippen LogP contribution in [0.5, 0.6) is 0 Å². The van der Waals surface area contributed by atoms with E-state index in [1.807, 2.05) is 0 Å². The summed E-state index contributed by atoms with van der Waals surface area (Å²) in [6, 6.07) is 10.8. The monoisotopic (exact) mass is 199 g/mol. The van der Waals surface area contributed by atoms with Crippen molar-refractivity contribution in [1.82, 2.24) is 10.3 Å². The Morgan fingerprint density at radius 2 is 1.93 bits per heavy atom. The highest BCUT2D eigenvalue weighted by atomic mass is 14.9. The van der Waals surface area contributed by atoms with Crippen LogP contribution in [0.4, 0.5) is 0 Å². The normalized spacial score (nSPS) is 18.4. The zero-order chi connectivity index (χ0) is 10.1. The van der Waals surface area contributed by atoms with E-state index in [2.05, 4.69) is 40.6 Å². The number of fused-ring (bicyclic) bond motifs is 1. The Labute approximate surface area is 89.7 Å². The Balaban J connectivity index is 1.96. The van der Waals surface area contributed by atoms with Gasteiger partial charge in [-0.25, -0.2) is 5.32 Å². The van der Waals surface area contributed by atoms with Gasteiger partial charge in [0.25, 0.3) is 0 Å². The van der Waals surface area contributed by atoms with Gasteiger partial charge in [0.05, 0.1) is 0 Å². The summed E-state index contributed by atoms with van der Waals surface area (Å²) >= 11 is 0. The van der Waals surface area contributed by atoms with Crippen LogP contribution < -0.4 is 5.32 Å². The Morgan fingerprint density at radius 3 is 2.73 bits per heavy atom. The lowest BCUT2D eigenvalue weighted by Gasteiger charge is -2.20. The van der Waals surface area contributed by atoms with Crippen molar-refractivity contribution in [3.63, 3.8) is 0 Å². The second-order valence-electron chi connectivity index (χ2n) is 4.26. The molecule has 1 aliphatic heterocycles. The lowest BCUT2D eigenvalue weighted by Crippen LogP contribution is -2.21. The maximum atomic E-state index is 4.39. The fourth-order valence-corrected chi connectivity index (χ4v) is 2.38. The van der Waals surface area contributed by atoms with Crippen LogP contribution in [0.1, 0.15) is 24.5 Å². The van der Waals surface area contributed by atoms with Crippen molar-refractivity contribution in [3.05, 3.63) is 36.0 Å². The van der Waals surface area contributed by atoms with Gasteiger partial charge in [0, 0.05) is 30.2 Å².